The van der Waals surface area contributed by atoms with Crippen LogP contribution in [-0.2, 0) is 6.42 Å². The first-order valence-electron chi connectivity index (χ1n) is 7.11. The molecule has 1 heterocycles. The molecule has 0 saturated heterocycles. The third-order valence-electron chi connectivity index (χ3n) is 3.53. The first-order chi connectivity index (χ1) is 9.69. The summed E-state index contributed by atoms with van der Waals surface area (Å²) in [6.45, 7) is 4.34. The van der Waals surface area contributed by atoms with Gasteiger partial charge in [-0.1, -0.05) is 12.1 Å². The summed E-state index contributed by atoms with van der Waals surface area (Å²) in [5, 5.41) is 3.56. The fourth-order valence-corrected chi connectivity index (χ4v) is 2.31. The highest BCUT2D eigenvalue weighted by Gasteiger charge is 2.11. The number of hydrogen-bond donors (Lipinski definition) is 1. The first-order valence-corrected chi connectivity index (χ1v) is 7.11. The van der Waals surface area contributed by atoms with Crippen molar-refractivity contribution < 1.29 is 9.15 Å². The summed E-state index contributed by atoms with van der Waals surface area (Å²) in [7, 11) is 1.69. The van der Waals surface area contributed by atoms with E-state index < -0.39 is 0 Å². The molecule has 0 fully saturated rings. The molecule has 2 unspecified atom stereocenters. The van der Waals surface area contributed by atoms with Gasteiger partial charge in [-0.25, -0.2) is 0 Å². The maximum Gasteiger partial charge on any atom is 0.120 e. The topological polar surface area (TPSA) is 34.4 Å². The molecular formula is C17H23NO2. The third kappa shape index (κ3) is 4.14. The zero-order chi connectivity index (χ0) is 14.4. The van der Waals surface area contributed by atoms with E-state index >= 15 is 0 Å². The van der Waals surface area contributed by atoms with Gasteiger partial charge >= 0.3 is 0 Å². The van der Waals surface area contributed by atoms with E-state index in [0.717, 1.165) is 24.4 Å². The average molecular weight is 273 g/mol. The Bertz CT molecular complexity index is 490. The normalized spacial score (nSPS) is 13.9. The Labute approximate surface area is 121 Å². The Balaban J connectivity index is 1.78. The second kappa shape index (κ2) is 7.15. The van der Waals surface area contributed by atoms with Crippen LogP contribution in [0.2, 0.25) is 0 Å². The lowest BCUT2D eigenvalue weighted by molar-refractivity contribution is 0.388. The van der Waals surface area contributed by atoms with Gasteiger partial charge in [0, 0.05) is 6.04 Å². The molecule has 0 spiro atoms. The van der Waals surface area contributed by atoms with E-state index in [4.69, 9.17) is 9.15 Å². The molecule has 0 amide bonds. The van der Waals surface area contributed by atoms with Gasteiger partial charge < -0.3 is 14.5 Å². The van der Waals surface area contributed by atoms with E-state index in [1.54, 1.807) is 13.4 Å². The van der Waals surface area contributed by atoms with Gasteiger partial charge in [0.25, 0.3) is 0 Å². The highest BCUT2D eigenvalue weighted by molar-refractivity contribution is 5.27. The zero-order valence-corrected chi connectivity index (χ0v) is 12.4. The zero-order valence-electron chi connectivity index (χ0n) is 12.4. The molecule has 0 aliphatic heterocycles. The van der Waals surface area contributed by atoms with E-state index in [2.05, 4.69) is 31.3 Å². The Hall–Kier alpha value is -1.74. The Kier molecular flexibility index (Phi) is 5.24. The number of rotatable bonds is 7. The Morgan fingerprint density at radius 3 is 2.50 bits per heavy atom. The molecule has 2 atom stereocenters. The molecular weight excluding hydrogens is 250 g/mol. The number of aryl methyl sites for hydroxylation is 1. The van der Waals surface area contributed by atoms with Crippen LogP contribution in [0.1, 0.15) is 37.6 Å². The lowest BCUT2D eigenvalue weighted by Crippen LogP contribution is -2.29. The average Bonchev–Trinajstić information content (AvgIpc) is 3.00. The third-order valence-corrected chi connectivity index (χ3v) is 3.53. The van der Waals surface area contributed by atoms with Crippen LogP contribution in [0.3, 0.4) is 0 Å². The number of hydrogen-bond acceptors (Lipinski definition) is 3. The van der Waals surface area contributed by atoms with Gasteiger partial charge in [0.1, 0.15) is 11.5 Å². The van der Waals surface area contributed by atoms with Crippen molar-refractivity contribution >= 4 is 0 Å². The molecule has 108 valence electrons. The van der Waals surface area contributed by atoms with E-state index in [1.807, 2.05) is 24.3 Å². The standard InChI is InChI=1S/C17H23NO2/c1-13(18-14(2)17-5-4-12-20-17)6-7-15-8-10-16(19-3)11-9-15/h4-5,8-14,18H,6-7H2,1-3H3. The summed E-state index contributed by atoms with van der Waals surface area (Å²) in [6.07, 6.45) is 3.87. The molecule has 20 heavy (non-hydrogen) atoms. The SMILES string of the molecule is COc1ccc(CCC(C)NC(C)c2ccco2)cc1. The van der Waals surface area contributed by atoms with Crippen LogP contribution in [0.15, 0.2) is 47.1 Å². The molecule has 1 aromatic carbocycles. The van der Waals surface area contributed by atoms with E-state index in [9.17, 15) is 0 Å². The molecule has 0 saturated carbocycles. The maximum atomic E-state index is 5.41. The minimum atomic E-state index is 0.246. The highest BCUT2D eigenvalue weighted by atomic mass is 16.5. The Morgan fingerprint density at radius 2 is 1.90 bits per heavy atom. The summed E-state index contributed by atoms with van der Waals surface area (Å²) >= 11 is 0. The van der Waals surface area contributed by atoms with E-state index in [-0.39, 0.29) is 6.04 Å². The van der Waals surface area contributed by atoms with Crippen LogP contribution in [0.5, 0.6) is 5.75 Å². The fourth-order valence-electron chi connectivity index (χ4n) is 2.31. The Morgan fingerprint density at radius 1 is 1.15 bits per heavy atom. The highest BCUT2D eigenvalue weighted by Crippen LogP contribution is 2.16. The van der Waals surface area contributed by atoms with Crippen LogP contribution in [-0.4, -0.2) is 13.2 Å². The molecule has 0 aliphatic rings. The number of nitrogens with one attached hydrogen (secondary N) is 1. The minimum absolute atomic E-state index is 0.246. The largest absolute Gasteiger partial charge is 0.497 e. The van der Waals surface area contributed by atoms with Crippen LogP contribution in [0, 0.1) is 0 Å². The predicted octanol–water partition coefficient (Wildman–Crippen LogP) is 3.96. The molecule has 3 heteroatoms. The van der Waals surface area contributed by atoms with Gasteiger partial charge in [0.15, 0.2) is 0 Å². The summed E-state index contributed by atoms with van der Waals surface area (Å²) < 4.78 is 10.6. The van der Waals surface area contributed by atoms with Gasteiger partial charge in [-0.15, -0.1) is 0 Å². The van der Waals surface area contributed by atoms with Crippen molar-refractivity contribution in [3.63, 3.8) is 0 Å². The van der Waals surface area contributed by atoms with E-state index in [1.165, 1.54) is 5.56 Å². The van der Waals surface area contributed by atoms with Crippen LogP contribution < -0.4 is 10.1 Å². The van der Waals surface area contributed by atoms with Crippen molar-refractivity contribution in [2.45, 2.75) is 38.8 Å². The van der Waals surface area contributed by atoms with Gasteiger partial charge in [-0.05, 0) is 56.5 Å². The molecule has 0 aliphatic carbocycles. The molecule has 1 N–H and O–H groups in total. The molecule has 1 aromatic heterocycles. The van der Waals surface area contributed by atoms with Crippen LogP contribution in [0.25, 0.3) is 0 Å². The van der Waals surface area contributed by atoms with Gasteiger partial charge in [-0.2, -0.15) is 0 Å². The smallest absolute Gasteiger partial charge is 0.120 e. The van der Waals surface area contributed by atoms with Crippen molar-refractivity contribution in [2.24, 2.45) is 0 Å². The number of methoxy groups -OCH3 is 1. The fraction of sp³-hybridized carbons (Fsp3) is 0.412. The van der Waals surface area contributed by atoms with Crippen molar-refractivity contribution in [3.8, 4) is 5.75 Å². The van der Waals surface area contributed by atoms with Crippen molar-refractivity contribution in [3.05, 3.63) is 54.0 Å². The maximum absolute atomic E-state index is 5.41. The minimum Gasteiger partial charge on any atom is -0.497 e. The molecule has 2 rings (SSSR count). The second-order valence-electron chi connectivity index (χ2n) is 5.19. The van der Waals surface area contributed by atoms with E-state index in [0.29, 0.717) is 6.04 Å². The van der Waals surface area contributed by atoms with Gasteiger partial charge in [0.2, 0.25) is 0 Å². The van der Waals surface area contributed by atoms with Crippen LogP contribution in [0.4, 0.5) is 0 Å². The molecule has 0 bridgehead atoms. The first kappa shape index (κ1) is 14.7. The lowest BCUT2D eigenvalue weighted by atomic mass is 10.1. The monoisotopic (exact) mass is 273 g/mol. The number of benzene rings is 1. The summed E-state index contributed by atoms with van der Waals surface area (Å²) in [5.41, 5.74) is 1.34. The number of ether oxygens (including phenoxy) is 1. The van der Waals surface area contributed by atoms with Crippen molar-refractivity contribution in [1.82, 2.24) is 5.32 Å². The molecule has 2 aromatic rings. The van der Waals surface area contributed by atoms with Crippen LogP contribution >= 0.6 is 0 Å². The summed E-state index contributed by atoms with van der Waals surface area (Å²) in [4.78, 5) is 0. The second-order valence-corrected chi connectivity index (χ2v) is 5.19. The van der Waals surface area contributed by atoms with Crippen molar-refractivity contribution in [2.75, 3.05) is 7.11 Å². The summed E-state index contributed by atoms with van der Waals surface area (Å²) in [6, 6.07) is 12.9. The van der Waals surface area contributed by atoms with Gasteiger partial charge in [-0.3, -0.25) is 0 Å². The predicted molar refractivity (Wildman–Crippen MR) is 81.0 cm³/mol. The van der Waals surface area contributed by atoms with Crippen molar-refractivity contribution in [1.29, 1.82) is 0 Å². The molecule has 3 nitrogen and oxygen atoms in total. The number of furan rings is 1. The molecule has 0 radical (unpaired) electrons. The summed E-state index contributed by atoms with van der Waals surface area (Å²) in [5.74, 6) is 1.90. The van der Waals surface area contributed by atoms with Gasteiger partial charge in [0.05, 0.1) is 19.4 Å². The lowest BCUT2D eigenvalue weighted by Gasteiger charge is -2.18. The quantitative estimate of drug-likeness (QED) is 0.829.